The van der Waals surface area contributed by atoms with Gasteiger partial charge in [0.2, 0.25) is 10.0 Å². The van der Waals surface area contributed by atoms with E-state index in [-0.39, 0.29) is 5.56 Å². The number of aryl methyl sites for hydroxylation is 1. The minimum Gasteiger partial charge on any atom is -0.352 e. The summed E-state index contributed by atoms with van der Waals surface area (Å²) < 4.78 is 39.0. The lowest BCUT2D eigenvalue weighted by molar-refractivity contribution is 0.0953. The fraction of sp³-hybridized carbons (Fsp3) is 0.278. The van der Waals surface area contributed by atoms with Crippen molar-refractivity contribution in [2.24, 2.45) is 0 Å². The fourth-order valence-corrected chi connectivity index (χ4v) is 3.26. The predicted octanol–water partition coefficient (Wildman–Crippen LogP) is 2.44. The zero-order valence-electron chi connectivity index (χ0n) is 14.2. The van der Waals surface area contributed by atoms with Crippen LogP contribution in [0.1, 0.15) is 22.3 Å². The minimum atomic E-state index is -3.95. The topological polar surface area (TPSA) is 66.5 Å². The van der Waals surface area contributed by atoms with Gasteiger partial charge in [0.25, 0.3) is 5.91 Å². The molecule has 0 fully saturated rings. The van der Waals surface area contributed by atoms with Crippen molar-refractivity contribution in [2.75, 3.05) is 20.6 Å². The van der Waals surface area contributed by atoms with E-state index in [0.29, 0.717) is 6.54 Å². The molecule has 0 saturated heterocycles. The first kappa shape index (κ1) is 19.1. The largest absolute Gasteiger partial charge is 0.352 e. The third-order valence-electron chi connectivity index (χ3n) is 3.72. The Labute approximate surface area is 147 Å². The zero-order valence-corrected chi connectivity index (χ0v) is 15.0. The highest BCUT2D eigenvalue weighted by atomic mass is 32.2. The highest BCUT2D eigenvalue weighted by molar-refractivity contribution is 7.89. The van der Waals surface area contributed by atoms with Crippen LogP contribution in [0.25, 0.3) is 0 Å². The second kappa shape index (κ2) is 8.22. The molecular formula is C18H21FN2O3S. The van der Waals surface area contributed by atoms with Crippen molar-refractivity contribution in [3.8, 4) is 0 Å². The normalized spacial score (nSPS) is 11.5. The Hall–Kier alpha value is -2.25. The maximum atomic E-state index is 13.8. The van der Waals surface area contributed by atoms with Gasteiger partial charge in [-0.15, -0.1) is 0 Å². The third kappa shape index (κ3) is 4.87. The molecule has 0 atom stereocenters. The van der Waals surface area contributed by atoms with E-state index in [4.69, 9.17) is 0 Å². The van der Waals surface area contributed by atoms with Crippen molar-refractivity contribution in [3.05, 3.63) is 65.5 Å². The fourth-order valence-electron chi connectivity index (χ4n) is 2.28. The summed E-state index contributed by atoms with van der Waals surface area (Å²) in [5, 5.41) is 2.73. The van der Waals surface area contributed by atoms with Crippen molar-refractivity contribution in [1.82, 2.24) is 9.62 Å². The summed E-state index contributed by atoms with van der Waals surface area (Å²) in [4.78, 5) is 11.7. The van der Waals surface area contributed by atoms with Crippen LogP contribution < -0.4 is 5.32 Å². The summed E-state index contributed by atoms with van der Waals surface area (Å²) in [5.41, 5.74) is 1.29. The van der Waals surface area contributed by atoms with E-state index in [2.05, 4.69) is 5.32 Å². The number of nitrogens with one attached hydrogen (secondary N) is 1. The molecule has 7 heteroatoms. The SMILES string of the molecule is CN(C)S(=O)(=O)c1cc(C(=O)NCCCc2ccccc2)ccc1F. The molecule has 134 valence electrons. The minimum absolute atomic E-state index is 0.113. The van der Waals surface area contributed by atoms with E-state index in [1.807, 2.05) is 30.3 Å². The number of hydrogen-bond donors (Lipinski definition) is 1. The average molecular weight is 364 g/mol. The standard InChI is InChI=1S/C18H21FN2O3S/c1-21(2)25(23,24)17-13-15(10-11-16(17)19)18(22)20-12-6-9-14-7-4-3-5-8-14/h3-5,7-8,10-11,13H,6,9,12H2,1-2H3,(H,20,22). The molecule has 2 aromatic rings. The van der Waals surface area contributed by atoms with Gasteiger partial charge in [0.15, 0.2) is 0 Å². The maximum absolute atomic E-state index is 13.8. The second-order valence-electron chi connectivity index (χ2n) is 5.78. The number of halogens is 1. The van der Waals surface area contributed by atoms with Gasteiger partial charge in [-0.1, -0.05) is 30.3 Å². The molecule has 0 radical (unpaired) electrons. The van der Waals surface area contributed by atoms with Gasteiger partial charge >= 0.3 is 0 Å². The number of amides is 1. The van der Waals surface area contributed by atoms with E-state index in [1.54, 1.807) is 0 Å². The summed E-state index contributed by atoms with van der Waals surface area (Å²) in [5.74, 6) is -1.31. The average Bonchev–Trinajstić information content (AvgIpc) is 2.59. The van der Waals surface area contributed by atoms with Crippen LogP contribution in [0.2, 0.25) is 0 Å². The van der Waals surface area contributed by atoms with Gasteiger partial charge in [0.1, 0.15) is 10.7 Å². The van der Waals surface area contributed by atoms with Gasteiger partial charge in [0, 0.05) is 26.2 Å². The van der Waals surface area contributed by atoms with Crippen molar-refractivity contribution < 1.29 is 17.6 Å². The molecule has 5 nitrogen and oxygen atoms in total. The Morgan fingerprint density at radius 2 is 1.80 bits per heavy atom. The van der Waals surface area contributed by atoms with Crippen LogP contribution in [-0.4, -0.2) is 39.3 Å². The Kier molecular flexibility index (Phi) is 6.27. The zero-order chi connectivity index (χ0) is 18.4. The lowest BCUT2D eigenvalue weighted by Gasteiger charge is -2.13. The molecule has 2 aromatic carbocycles. The number of rotatable bonds is 7. The van der Waals surface area contributed by atoms with E-state index < -0.39 is 26.6 Å². The maximum Gasteiger partial charge on any atom is 0.251 e. The van der Waals surface area contributed by atoms with Crippen LogP contribution in [0.5, 0.6) is 0 Å². The molecule has 0 spiro atoms. The monoisotopic (exact) mass is 364 g/mol. The Morgan fingerprint density at radius 3 is 2.44 bits per heavy atom. The van der Waals surface area contributed by atoms with E-state index in [9.17, 15) is 17.6 Å². The van der Waals surface area contributed by atoms with Crippen LogP contribution in [0.3, 0.4) is 0 Å². The highest BCUT2D eigenvalue weighted by Gasteiger charge is 2.23. The van der Waals surface area contributed by atoms with Gasteiger partial charge in [0.05, 0.1) is 0 Å². The number of nitrogens with zero attached hydrogens (tertiary/aromatic N) is 1. The van der Waals surface area contributed by atoms with Gasteiger partial charge in [-0.2, -0.15) is 0 Å². The molecule has 0 aliphatic heterocycles. The van der Waals surface area contributed by atoms with Crippen molar-refractivity contribution >= 4 is 15.9 Å². The summed E-state index contributed by atoms with van der Waals surface area (Å²) in [6, 6.07) is 13.2. The first-order valence-corrected chi connectivity index (χ1v) is 9.30. The van der Waals surface area contributed by atoms with Gasteiger partial charge in [-0.3, -0.25) is 4.79 Å². The molecule has 0 aromatic heterocycles. The molecule has 0 aliphatic carbocycles. The molecule has 0 unspecified atom stereocenters. The molecule has 0 aliphatic rings. The first-order chi connectivity index (χ1) is 11.8. The van der Waals surface area contributed by atoms with Crippen molar-refractivity contribution in [1.29, 1.82) is 0 Å². The predicted molar refractivity (Wildman–Crippen MR) is 94.4 cm³/mol. The van der Waals surface area contributed by atoms with Gasteiger partial charge in [-0.05, 0) is 36.6 Å². The molecule has 0 bridgehead atoms. The van der Waals surface area contributed by atoms with Crippen molar-refractivity contribution in [3.63, 3.8) is 0 Å². The number of hydrogen-bond acceptors (Lipinski definition) is 3. The smallest absolute Gasteiger partial charge is 0.251 e. The molecule has 25 heavy (non-hydrogen) atoms. The lowest BCUT2D eigenvalue weighted by Crippen LogP contribution is -2.26. The summed E-state index contributed by atoms with van der Waals surface area (Å²) in [6.07, 6.45) is 1.57. The number of carbonyl (C=O) groups is 1. The van der Waals surface area contributed by atoms with Crippen LogP contribution >= 0.6 is 0 Å². The summed E-state index contributed by atoms with van der Waals surface area (Å²) >= 11 is 0. The van der Waals surface area contributed by atoms with Crippen LogP contribution in [0.4, 0.5) is 4.39 Å². The summed E-state index contributed by atoms with van der Waals surface area (Å²) in [6.45, 7) is 0.445. The Morgan fingerprint density at radius 1 is 1.12 bits per heavy atom. The molecule has 1 amide bonds. The number of sulfonamides is 1. The lowest BCUT2D eigenvalue weighted by atomic mass is 10.1. The van der Waals surface area contributed by atoms with E-state index >= 15 is 0 Å². The molecule has 0 saturated carbocycles. The summed E-state index contributed by atoms with van der Waals surface area (Å²) in [7, 11) is -1.33. The molecule has 0 heterocycles. The molecule has 2 rings (SSSR count). The van der Waals surface area contributed by atoms with Crippen LogP contribution in [0, 0.1) is 5.82 Å². The third-order valence-corrected chi connectivity index (χ3v) is 5.55. The second-order valence-corrected chi connectivity index (χ2v) is 7.90. The van der Waals surface area contributed by atoms with Crippen molar-refractivity contribution in [2.45, 2.75) is 17.7 Å². The molecule has 1 N–H and O–H groups in total. The number of benzene rings is 2. The Balaban J connectivity index is 2.00. The van der Waals surface area contributed by atoms with Gasteiger partial charge in [-0.25, -0.2) is 17.1 Å². The van der Waals surface area contributed by atoms with Crippen LogP contribution in [-0.2, 0) is 16.4 Å². The van der Waals surface area contributed by atoms with Gasteiger partial charge < -0.3 is 5.32 Å². The quantitative estimate of drug-likeness (QED) is 0.768. The Bertz CT molecular complexity index is 837. The molecular weight excluding hydrogens is 343 g/mol. The first-order valence-electron chi connectivity index (χ1n) is 7.86. The number of carbonyl (C=O) groups excluding carboxylic acids is 1. The van der Waals surface area contributed by atoms with E-state index in [1.165, 1.54) is 25.7 Å². The highest BCUT2D eigenvalue weighted by Crippen LogP contribution is 2.19. The van der Waals surface area contributed by atoms with E-state index in [0.717, 1.165) is 29.3 Å². The van der Waals surface area contributed by atoms with Crippen LogP contribution in [0.15, 0.2) is 53.4 Å².